The van der Waals surface area contributed by atoms with Crippen LogP contribution in [0.4, 0.5) is 5.95 Å². The molecule has 2 aromatic rings. The lowest BCUT2D eigenvalue weighted by Gasteiger charge is -2.07. The highest BCUT2D eigenvalue weighted by molar-refractivity contribution is 7.99. The number of thioether (sulfide) groups is 1. The summed E-state index contributed by atoms with van der Waals surface area (Å²) < 4.78 is 1.66. The number of hydrogen-bond acceptors (Lipinski definition) is 7. The average Bonchev–Trinajstić information content (AvgIpc) is 2.89. The molecule has 0 aliphatic rings. The van der Waals surface area contributed by atoms with Gasteiger partial charge in [0.05, 0.1) is 0 Å². The summed E-state index contributed by atoms with van der Waals surface area (Å²) in [5.41, 5.74) is 5.65. The van der Waals surface area contributed by atoms with Gasteiger partial charge in [-0.1, -0.05) is 18.7 Å². The molecule has 0 amide bonds. The van der Waals surface area contributed by atoms with E-state index in [-0.39, 0.29) is 18.5 Å². The smallest absolute Gasteiger partial charge is 0.240 e. The molecule has 2 rings (SSSR count). The Hall–Kier alpha value is -1.67. The van der Waals surface area contributed by atoms with Gasteiger partial charge in [-0.25, -0.2) is 4.98 Å². The van der Waals surface area contributed by atoms with Gasteiger partial charge < -0.3 is 10.8 Å². The summed E-state index contributed by atoms with van der Waals surface area (Å²) in [6.07, 6.45) is 4.97. The Morgan fingerprint density at radius 1 is 1.44 bits per heavy atom. The van der Waals surface area contributed by atoms with Crippen LogP contribution in [0.15, 0.2) is 23.9 Å². The zero-order valence-electron chi connectivity index (χ0n) is 9.89. The first kappa shape index (κ1) is 12.8. The highest BCUT2D eigenvalue weighted by Gasteiger charge is 2.08. The molecule has 0 aromatic carbocycles. The number of anilines is 1. The maximum absolute atomic E-state index is 8.97. The minimum atomic E-state index is 0.141. The lowest BCUT2D eigenvalue weighted by Crippen LogP contribution is -2.08. The number of aliphatic hydroxyl groups excluding tert-OH is 1. The van der Waals surface area contributed by atoms with Gasteiger partial charge in [0.25, 0.3) is 0 Å². The molecule has 0 saturated heterocycles. The van der Waals surface area contributed by atoms with Crippen LogP contribution in [0.25, 0.3) is 5.95 Å². The topological polar surface area (TPSA) is 103 Å². The van der Waals surface area contributed by atoms with Gasteiger partial charge in [-0.05, 0) is 5.92 Å². The fourth-order valence-electron chi connectivity index (χ4n) is 1.19. The van der Waals surface area contributed by atoms with Crippen molar-refractivity contribution in [3.05, 3.63) is 18.7 Å². The molecule has 3 N–H and O–H groups in total. The molecule has 2 aromatic heterocycles. The van der Waals surface area contributed by atoms with Gasteiger partial charge >= 0.3 is 0 Å². The van der Waals surface area contributed by atoms with E-state index in [0.29, 0.717) is 11.1 Å². The van der Waals surface area contributed by atoms with Crippen LogP contribution in [-0.2, 0) is 0 Å². The summed E-state index contributed by atoms with van der Waals surface area (Å²) >= 11 is 1.44. The van der Waals surface area contributed by atoms with E-state index >= 15 is 0 Å². The van der Waals surface area contributed by atoms with E-state index in [0.717, 1.165) is 5.75 Å². The lowest BCUT2D eigenvalue weighted by atomic mass is 10.2. The predicted molar refractivity (Wildman–Crippen MR) is 68.3 cm³/mol. The van der Waals surface area contributed by atoms with E-state index in [1.165, 1.54) is 11.8 Å². The Kier molecular flexibility index (Phi) is 4.11. The van der Waals surface area contributed by atoms with Gasteiger partial charge in [0, 0.05) is 24.8 Å². The van der Waals surface area contributed by atoms with Crippen molar-refractivity contribution < 1.29 is 5.11 Å². The maximum Gasteiger partial charge on any atom is 0.240 e. The Morgan fingerprint density at radius 2 is 2.28 bits per heavy atom. The molecule has 7 nitrogen and oxygen atoms in total. The van der Waals surface area contributed by atoms with E-state index in [1.54, 1.807) is 23.3 Å². The standard InChI is InChI=1S/C10H14N6OS/c1-7(4-17)5-18-10-14-8(11)13-9(15-10)16-3-2-12-6-16/h2-3,6-7,17H,4-5H2,1H3,(H2,11,13,14,15). The molecule has 0 saturated carbocycles. The number of aromatic nitrogens is 5. The molecular weight excluding hydrogens is 252 g/mol. The first-order chi connectivity index (χ1) is 8.69. The second kappa shape index (κ2) is 5.78. The zero-order valence-corrected chi connectivity index (χ0v) is 10.7. The van der Waals surface area contributed by atoms with Crippen LogP contribution >= 0.6 is 11.8 Å². The number of nitrogens with zero attached hydrogens (tertiary/aromatic N) is 5. The summed E-state index contributed by atoms with van der Waals surface area (Å²) in [6.45, 7) is 2.09. The molecule has 96 valence electrons. The van der Waals surface area contributed by atoms with Crippen molar-refractivity contribution in [2.45, 2.75) is 12.1 Å². The molecule has 0 aliphatic carbocycles. The lowest BCUT2D eigenvalue weighted by molar-refractivity contribution is 0.250. The number of hydrogen-bond donors (Lipinski definition) is 2. The van der Waals surface area contributed by atoms with Crippen LogP contribution in [0.5, 0.6) is 0 Å². The molecule has 0 bridgehead atoms. The van der Waals surface area contributed by atoms with Crippen molar-refractivity contribution in [2.24, 2.45) is 5.92 Å². The van der Waals surface area contributed by atoms with E-state index in [1.807, 2.05) is 6.92 Å². The number of aliphatic hydroxyl groups is 1. The van der Waals surface area contributed by atoms with Crippen LogP contribution in [-0.4, -0.2) is 42.0 Å². The summed E-state index contributed by atoms with van der Waals surface area (Å²) in [5.74, 6) is 1.53. The molecular formula is C10H14N6OS. The van der Waals surface area contributed by atoms with Crippen LogP contribution in [0, 0.1) is 5.92 Å². The molecule has 0 aliphatic heterocycles. The zero-order chi connectivity index (χ0) is 13.0. The highest BCUT2D eigenvalue weighted by Crippen LogP contribution is 2.18. The third-order valence-electron chi connectivity index (χ3n) is 2.16. The SMILES string of the molecule is CC(CO)CSc1nc(N)nc(-n2ccnc2)n1. The minimum Gasteiger partial charge on any atom is -0.396 e. The molecule has 1 atom stereocenters. The van der Waals surface area contributed by atoms with Gasteiger partial charge in [-0.3, -0.25) is 4.57 Å². The average molecular weight is 266 g/mol. The van der Waals surface area contributed by atoms with Crippen molar-refractivity contribution in [1.82, 2.24) is 24.5 Å². The third-order valence-corrected chi connectivity index (χ3v) is 3.34. The second-order valence-corrected chi connectivity index (χ2v) is 4.83. The first-order valence-electron chi connectivity index (χ1n) is 5.42. The Bertz CT molecular complexity index is 503. The summed E-state index contributed by atoms with van der Waals surface area (Å²) in [5, 5.41) is 9.52. The fourth-order valence-corrected chi connectivity index (χ4v) is 2.03. The fraction of sp³-hybridized carbons (Fsp3) is 0.400. The van der Waals surface area contributed by atoms with Gasteiger partial charge in [0.2, 0.25) is 11.9 Å². The number of rotatable bonds is 5. The van der Waals surface area contributed by atoms with Crippen molar-refractivity contribution in [3.63, 3.8) is 0 Å². The Balaban J connectivity index is 2.17. The predicted octanol–water partition coefficient (Wildman–Crippen LogP) is 0.360. The quantitative estimate of drug-likeness (QED) is 0.753. The van der Waals surface area contributed by atoms with Gasteiger partial charge in [0.1, 0.15) is 6.33 Å². The molecule has 2 heterocycles. The van der Waals surface area contributed by atoms with E-state index in [9.17, 15) is 0 Å². The highest BCUT2D eigenvalue weighted by atomic mass is 32.2. The van der Waals surface area contributed by atoms with Crippen LogP contribution in [0.3, 0.4) is 0 Å². The number of nitrogens with two attached hydrogens (primary N) is 1. The largest absolute Gasteiger partial charge is 0.396 e. The van der Waals surface area contributed by atoms with Crippen molar-refractivity contribution in [2.75, 3.05) is 18.1 Å². The molecule has 0 fully saturated rings. The molecule has 0 radical (unpaired) electrons. The summed E-state index contributed by atoms with van der Waals surface area (Å²) in [6, 6.07) is 0. The summed E-state index contributed by atoms with van der Waals surface area (Å²) in [7, 11) is 0. The van der Waals surface area contributed by atoms with Crippen molar-refractivity contribution >= 4 is 17.7 Å². The maximum atomic E-state index is 8.97. The van der Waals surface area contributed by atoms with Crippen LogP contribution < -0.4 is 5.73 Å². The van der Waals surface area contributed by atoms with Crippen molar-refractivity contribution in [1.29, 1.82) is 0 Å². The van der Waals surface area contributed by atoms with Crippen LogP contribution in [0.1, 0.15) is 6.92 Å². The third kappa shape index (κ3) is 3.17. The van der Waals surface area contributed by atoms with E-state index < -0.39 is 0 Å². The minimum absolute atomic E-state index is 0.141. The van der Waals surface area contributed by atoms with Gasteiger partial charge in [-0.15, -0.1) is 0 Å². The first-order valence-corrected chi connectivity index (χ1v) is 6.41. The van der Waals surface area contributed by atoms with E-state index in [2.05, 4.69) is 19.9 Å². The monoisotopic (exact) mass is 266 g/mol. The molecule has 1 unspecified atom stereocenters. The molecule has 0 spiro atoms. The van der Waals surface area contributed by atoms with E-state index in [4.69, 9.17) is 10.8 Å². The van der Waals surface area contributed by atoms with Gasteiger partial charge in [-0.2, -0.15) is 15.0 Å². The number of nitrogen functional groups attached to an aromatic ring is 1. The number of imidazole rings is 1. The van der Waals surface area contributed by atoms with Gasteiger partial charge in [0.15, 0.2) is 5.16 Å². The van der Waals surface area contributed by atoms with Crippen molar-refractivity contribution in [3.8, 4) is 5.95 Å². The Labute approximate surface area is 109 Å². The normalized spacial score (nSPS) is 12.6. The summed E-state index contributed by atoms with van der Waals surface area (Å²) in [4.78, 5) is 16.3. The molecule has 18 heavy (non-hydrogen) atoms. The molecule has 8 heteroatoms. The second-order valence-electron chi connectivity index (χ2n) is 3.84. The Morgan fingerprint density at radius 3 is 2.94 bits per heavy atom. The van der Waals surface area contributed by atoms with Crippen LogP contribution in [0.2, 0.25) is 0 Å².